The molecular weight excluding hydrogens is 184 g/mol. The maximum Gasteiger partial charge on any atom is 0.305 e. The lowest BCUT2D eigenvalue weighted by Gasteiger charge is -2.15. The molecule has 80 valence electrons. The van der Waals surface area contributed by atoms with Gasteiger partial charge in [-0.2, -0.15) is 0 Å². The van der Waals surface area contributed by atoms with E-state index in [1.165, 1.54) is 0 Å². The van der Waals surface area contributed by atoms with Crippen molar-refractivity contribution in [2.24, 2.45) is 11.7 Å². The molecule has 1 aliphatic rings. The first-order valence-corrected chi connectivity index (χ1v) is 4.84. The Hall–Kier alpha value is -1.10. The van der Waals surface area contributed by atoms with Crippen molar-refractivity contribution < 1.29 is 14.7 Å². The lowest BCUT2D eigenvalue weighted by molar-refractivity contribution is -0.137. The molecule has 1 aliphatic carbocycles. The Morgan fingerprint density at radius 2 is 2.14 bits per heavy atom. The van der Waals surface area contributed by atoms with E-state index < -0.39 is 5.97 Å². The number of aliphatic carboxylic acids is 1. The molecule has 0 saturated heterocycles. The number of carboxylic acid groups (broad SMARTS) is 1. The molecule has 4 N–H and O–H groups in total. The summed E-state index contributed by atoms with van der Waals surface area (Å²) >= 11 is 0. The third-order valence-corrected chi connectivity index (χ3v) is 2.30. The number of rotatable bonds is 6. The maximum absolute atomic E-state index is 11.2. The summed E-state index contributed by atoms with van der Waals surface area (Å²) in [5, 5.41) is 11.3. The smallest absolute Gasteiger partial charge is 0.305 e. The van der Waals surface area contributed by atoms with Gasteiger partial charge in [-0.1, -0.05) is 0 Å². The van der Waals surface area contributed by atoms with E-state index in [0.29, 0.717) is 12.5 Å². The lowest BCUT2D eigenvalue weighted by Crippen LogP contribution is -2.38. The van der Waals surface area contributed by atoms with Gasteiger partial charge in [-0.25, -0.2) is 0 Å². The molecule has 0 aromatic heterocycles. The van der Waals surface area contributed by atoms with Crippen molar-refractivity contribution in [3.8, 4) is 0 Å². The second kappa shape index (κ2) is 4.95. The molecule has 0 aliphatic heterocycles. The van der Waals surface area contributed by atoms with E-state index in [1.807, 2.05) is 0 Å². The molecule has 5 nitrogen and oxygen atoms in total. The van der Waals surface area contributed by atoms with Crippen LogP contribution in [0.1, 0.15) is 25.7 Å². The van der Waals surface area contributed by atoms with Crippen LogP contribution in [0.3, 0.4) is 0 Å². The summed E-state index contributed by atoms with van der Waals surface area (Å²) in [7, 11) is 0. The fraction of sp³-hybridized carbons (Fsp3) is 0.778. The third kappa shape index (κ3) is 3.74. The zero-order valence-corrected chi connectivity index (χ0v) is 8.03. The Bertz CT molecular complexity index is 226. The molecule has 0 spiro atoms. The van der Waals surface area contributed by atoms with Crippen molar-refractivity contribution in [2.45, 2.75) is 31.7 Å². The van der Waals surface area contributed by atoms with Gasteiger partial charge in [-0.3, -0.25) is 9.59 Å². The number of hydrogen-bond donors (Lipinski definition) is 3. The van der Waals surface area contributed by atoms with E-state index in [9.17, 15) is 9.59 Å². The molecule has 5 heteroatoms. The number of amides is 1. The summed E-state index contributed by atoms with van der Waals surface area (Å²) in [5.41, 5.74) is 5.22. The monoisotopic (exact) mass is 200 g/mol. The van der Waals surface area contributed by atoms with E-state index >= 15 is 0 Å². The Morgan fingerprint density at radius 3 is 2.57 bits per heavy atom. The Labute approximate surface area is 82.7 Å². The van der Waals surface area contributed by atoms with Gasteiger partial charge >= 0.3 is 5.97 Å². The minimum absolute atomic E-state index is 0.0149. The van der Waals surface area contributed by atoms with Crippen LogP contribution in [-0.2, 0) is 9.59 Å². The zero-order chi connectivity index (χ0) is 10.6. The molecule has 0 radical (unpaired) electrons. The molecule has 0 heterocycles. The van der Waals surface area contributed by atoms with Crippen molar-refractivity contribution in [2.75, 3.05) is 6.54 Å². The van der Waals surface area contributed by atoms with E-state index in [2.05, 4.69) is 5.32 Å². The van der Waals surface area contributed by atoms with Gasteiger partial charge in [0.2, 0.25) is 5.91 Å². The molecular formula is C9H16N2O3. The molecule has 1 fully saturated rings. The predicted molar refractivity (Wildman–Crippen MR) is 50.6 cm³/mol. The van der Waals surface area contributed by atoms with Crippen LogP contribution >= 0.6 is 0 Å². The third-order valence-electron chi connectivity index (χ3n) is 2.30. The minimum atomic E-state index is -0.866. The first kappa shape index (κ1) is 11.0. The summed E-state index contributed by atoms with van der Waals surface area (Å²) in [4.78, 5) is 21.7. The highest BCUT2D eigenvalue weighted by Gasteiger charge is 2.33. The molecule has 1 atom stereocenters. The Kier molecular flexibility index (Phi) is 3.88. The Balaban J connectivity index is 2.34. The van der Waals surface area contributed by atoms with E-state index in [0.717, 1.165) is 12.8 Å². The quantitative estimate of drug-likeness (QED) is 0.549. The van der Waals surface area contributed by atoms with Crippen LogP contribution in [0.4, 0.5) is 0 Å². The molecule has 1 amide bonds. The molecule has 14 heavy (non-hydrogen) atoms. The maximum atomic E-state index is 11.2. The van der Waals surface area contributed by atoms with Crippen LogP contribution in [0.5, 0.6) is 0 Å². The average Bonchev–Trinajstić information content (AvgIpc) is 2.84. The first-order valence-electron chi connectivity index (χ1n) is 4.84. The van der Waals surface area contributed by atoms with Crippen LogP contribution < -0.4 is 11.1 Å². The number of carbonyl (C=O) groups is 2. The highest BCUT2D eigenvalue weighted by Crippen LogP contribution is 2.33. The highest BCUT2D eigenvalue weighted by molar-refractivity contribution is 5.77. The second-order valence-corrected chi connectivity index (χ2v) is 3.65. The summed E-state index contributed by atoms with van der Waals surface area (Å²) in [6, 6.07) is -0.202. The lowest BCUT2D eigenvalue weighted by atomic mass is 10.1. The molecule has 0 aromatic rings. The van der Waals surface area contributed by atoms with Crippen LogP contribution in [0.15, 0.2) is 0 Å². The average molecular weight is 200 g/mol. The number of nitrogens with one attached hydrogen (secondary N) is 1. The number of carboxylic acids is 1. The summed E-state index contributed by atoms with van der Waals surface area (Å²) in [5.74, 6) is -0.659. The predicted octanol–water partition coefficient (Wildman–Crippen LogP) is -0.295. The van der Waals surface area contributed by atoms with Crippen molar-refractivity contribution in [3.05, 3.63) is 0 Å². The molecule has 1 saturated carbocycles. The van der Waals surface area contributed by atoms with Crippen molar-refractivity contribution >= 4 is 11.9 Å². The molecule has 1 rings (SSSR count). The van der Waals surface area contributed by atoms with Crippen LogP contribution in [-0.4, -0.2) is 29.6 Å². The molecule has 0 aromatic carbocycles. The topological polar surface area (TPSA) is 92.4 Å². The van der Waals surface area contributed by atoms with Gasteiger partial charge < -0.3 is 16.2 Å². The van der Waals surface area contributed by atoms with Gasteiger partial charge in [-0.15, -0.1) is 0 Å². The summed E-state index contributed by atoms with van der Waals surface area (Å²) < 4.78 is 0. The van der Waals surface area contributed by atoms with Crippen LogP contribution in [0.25, 0.3) is 0 Å². The van der Waals surface area contributed by atoms with E-state index in [-0.39, 0.29) is 24.8 Å². The van der Waals surface area contributed by atoms with Crippen molar-refractivity contribution in [1.82, 2.24) is 5.32 Å². The summed E-state index contributed by atoms with van der Waals surface area (Å²) in [6.45, 7) is 0.302. The van der Waals surface area contributed by atoms with Crippen LogP contribution in [0.2, 0.25) is 0 Å². The van der Waals surface area contributed by atoms with Crippen molar-refractivity contribution in [1.29, 1.82) is 0 Å². The van der Waals surface area contributed by atoms with Gasteiger partial charge in [-0.05, 0) is 18.8 Å². The zero-order valence-electron chi connectivity index (χ0n) is 8.03. The van der Waals surface area contributed by atoms with E-state index in [4.69, 9.17) is 10.8 Å². The Morgan fingerprint density at radius 1 is 1.50 bits per heavy atom. The number of hydrogen-bond acceptors (Lipinski definition) is 3. The SMILES string of the molecule is NCCC(=O)NC(CC(=O)O)C1CC1. The van der Waals surface area contributed by atoms with Gasteiger partial charge in [0.15, 0.2) is 0 Å². The summed E-state index contributed by atoms with van der Waals surface area (Å²) in [6.07, 6.45) is 2.31. The van der Waals surface area contributed by atoms with Crippen molar-refractivity contribution in [3.63, 3.8) is 0 Å². The van der Waals surface area contributed by atoms with Gasteiger partial charge in [0.1, 0.15) is 0 Å². The standard InChI is InChI=1S/C9H16N2O3/c10-4-3-8(12)11-7(5-9(13)14)6-1-2-6/h6-7H,1-5,10H2,(H,11,12)(H,13,14). The normalized spacial score (nSPS) is 17.5. The molecule has 1 unspecified atom stereocenters. The fourth-order valence-corrected chi connectivity index (χ4v) is 1.43. The van der Waals surface area contributed by atoms with Gasteiger partial charge in [0, 0.05) is 19.0 Å². The largest absolute Gasteiger partial charge is 0.481 e. The second-order valence-electron chi connectivity index (χ2n) is 3.65. The fourth-order valence-electron chi connectivity index (χ4n) is 1.43. The molecule has 0 bridgehead atoms. The van der Waals surface area contributed by atoms with Crippen LogP contribution in [0, 0.1) is 5.92 Å². The minimum Gasteiger partial charge on any atom is -0.481 e. The highest BCUT2D eigenvalue weighted by atomic mass is 16.4. The van der Waals surface area contributed by atoms with Gasteiger partial charge in [0.25, 0.3) is 0 Å². The number of carbonyl (C=O) groups excluding carboxylic acids is 1. The first-order chi connectivity index (χ1) is 6.63. The van der Waals surface area contributed by atoms with Gasteiger partial charge in [0.05, 0.1) is 6.42 Å². The number of nitrogens with two attached hydrogens (primary N) is 1. The van der Waals surface area contributed by atoms with E-state index in [1.54, 1.807) is 0 Å².